The second kappa shape index (κ2) is 7.44. The van der Waals surface area contributed by atoms with Crippen LogP contribution < -0.4 is 5.32 Å². The SMILES string of the molecule is O=C(C1CCNCC1)N1CCN(Cc2ccccc2Cl)CC1. The van der Waals surface area contributed by atoms with Crippen LogP contribution in [-0.2, 0) is 11.3 Å². The molecule has 0 aromatic heterocycles. The Morgan fingerprint density at radius 2 is 1.82 bits per heavy atom. The van der Waals surface area contributed by atoms with Crippen molar-refractivity contribution in [3.05, 3.63) is 34.9 Å². The Bertz CT molecular complexity index is 508. The molecule has 2 aliphatic rings. The minimum atomic E-state index is 0.233. The molecule has 2 aliphatic heterocycles. The van der Waals surface area contributed by atoms with Gasteiger partial charge in [0.1, 0.15) is 0 Å². The minimum Gasteiger partial charge on any atom is -0.340 e. The summed E-state index contributed by atoms with van der Waals surface area (Å²) in [7, 11) is 0. The van der Waals surface area contributed by atoms with Crippen LogP contribution in [0.2, 0.25) is 5.02 Å². The number of rotatable bonds is 3. The Balaban J connectivity index is 1.50. The summed E-state index contributed by atoms with van der Waals surface area (Å²) in [5.41, 5.74) is 1.17. The second-order valence-corrected chi connectivity index (χ2v) is 6.62. The fourth-order valence-electron chi connectivity index (χ4n) is 3.32. The molecule has 5 heteroatoms. The van der Waals surface area contributed by atoms with Crippen LogP contribution in [0, 0.1) is 5.92 Å². The number of hydrogen-bond acceptors (Lipinski definition) is 3. The zero-order valence-electron chi connectivity index (χ0n) is 12.9. The molecule has 0 spiro atoms. The number of piperazine rings is 1. The predicted molar refractivity (Wildman–Crippen MR) is 88.9 cm³/mol. The average Bonchev–Trinajstić information content (AvgIpc) is 2.58. The van der Waals surface area contributed by atoms with Crippen molar-refractivity contribution < 1.29 is 4.79 Å². The molecule has 4 nitrogen and oxygen atoms in total. The lowest BCUT2D eigenvalue weighted by Crippen LogP contribution is -2.51. The van der Waals surface area contributed by atoms with Gasteiger partial charge in [-0.1, -0.05) is 29.8 Å². The number of carbonyl (C=O) groups is 1. The molecule has 1 aromatic carbocycles. The Kier molecular flexibility index (Phi) is 5.34. The molecule has 1 N–H and O–H groups in total. The van der Waals surface area contributed by atoms with Gasteiger partial charge >= 0.3 is 0 Å². The molecular weight excluding hydrogens is 298 g/mol. The summed E-state index contributed by atoms with van der Waals surface area (Å²) in [6, 6.07) is 8.00. The smallest absolute Gasteiger partial charge is 0.225 e. The summed E-state index contributed by atoms with van der Waals surface area (Å²) in [4.78, 5) is 17.0. The van der Waals surface area contributed by atoms with Gasteiger partial charge in [0.2, 0.25) is 5.91 Å². The number of amides is 1. The summed E-state index contributed by atoms with van der Waals surface area (Å²) >= 11 is 6.23. The molecule has 0 atom stereocenters. The molecule has 22 heavy (non-hydrogen) atoms. The van der Waals surface area contributed by atoms with Gasteiger partial charge in [-0.15, -0.1) is 0 Å². The maximum absolute atomic E-state index is 12.5. The fourth-order valence-corrected chi connectivity index (χ4v) is 3.52. The summed E-state index contributed by atoms with van der Waals surface area (Å²) < 4.78 is 0. The molecule has 2 heterocycles. The summed E-state index contributed by atoms with van der Waals surface area (Å²) in [5.74, 6) is 0.593. The summed E-state index contributed by atoms with van der Waals surface area (Å²) in [6.07, 6.45) is 1.97. The molecule has 2 saturated heterocycles. The zero-order chi connectivity index (χ0) is 15.4. The standard InChI is InChI=1S/C17H24ClN3O/c18-16-4-2-1-3-15(16)13-20-9-11-21(12-10-20)17(22)14-5-7-19-8-6-14/h1-4,14,19H,5-13H2. The monoisotopic (exact) mass is 321 g/mol. The normalized spacial score (nSPS) is 21.0. The Labute approximate surface area is 137 Å². The minimum absolute atomic E-state index is 0.233. The van der Waals surface area contributed by atoms with Crippen LogP contribution >= 0.6 is 11.6 Å². The van der Waals surface area contributed by atoms with Gasteiger partial charge in [-0.25, -0.2) is 0 Å². The first kappa shape index (κ1) is 15.8. The highest BCUT2D eigenvalue weighted by atomic mass is 35.5. The third-order valence-corrected chi connectivity index (χ3v) is 5.09. The van der Waals surface area contributed by atoms with Gasteiger partial charge in [0.15, 0.2) is 0 Å². The van der Waals surface area contributed by atoms with Crippen LogP contribution in [0.15, 0.2) is 24.3 Å². The van der Waals surface area contributed by atoms with Gasteiger partial charge < -0.3 is 10.2 Å². The maximum atomic E-state index is 12.5. The van der Waals surface area contributed by atoms with E-state index in [0.29, 0.717) is 5.91 Å². The molecule has 0 bridgehead atoms. The van der Waals surface area contributed by atoms with Crippen molar-refractivity contribution in [1.82, 2.24) is 15.1 Å². The lowest BCUT2D eigenvalue weighted by atomic mass is 9.96. The van der Waals surface area contributed by atoms with Gasteiger partial charge in [-0.05, 0) is 37.6 Å². The van der Waals surface area contributed by atoms with Crippen LogP contribution in [0.1, 0.15) is 18.4 Å². The van der Waals surface area contributed by atoms with Gasteiger partial charge in [-0.3, -0.25) is 9.69 Å². The van der Waals surface area contributed by atoms with E-state index >= 15 is 0 Å². The third kappa shape index (κ3) is 3.80. The third-order valence-electron chi connectivity index (χ3n) is 4.72. The second-order valence-electron chi connectivity index (χ2n) is 6.22. The molecule has 0 aliphatic carbocycles. The van der Waals surface area contributed by atoms with Gasteiger partial charge in [0.05, 0.1) is 0 Å². The molecule has 1 amide bonds. The Morgan fingerprint density at radius 1 is 1.14 bits per heavy atom. The van der Waals surface area contributed by atoms with Crippen LogP contribution in [0.3, 0.4) is 0 Å². The Hall–Kier alpha value is -1.10. The van der Waals surface area contributed by atoms with E-state index in [1.807, 2.05) is 18.2 Å². The van der Waals surface area contributed by atoms with E-state index in [-0.39, 0.29) is 5.92 Å². The fraction of sp³-hybridized carbons (Fsp3) is 0.588. The molecule has 0 saturated carbocycles. The summed E-state index contributed by atoms with van der Waals surface area (Å²) in [5, 5.41) is 4.15. The molecule has 0 radical (unpaired) electrons. The lowest BCUT2D eigenvalue weighted by Gasteiger charge is -2.37. The number of carbonyl (C=O) groups excluding carboxylic acids is 1. The lowest BCUT2D eigenvalue weighted by molar-refractivity contribution is -0.138. The quantitative estimate of drug-likeness (QED) is 0.924. The first-order valence-corrected chi connectivity index (χ1v) is 8.57. The number of piperidine rings is 1. The first-order valence-electron chi connectivity index (χ1n) is 8.19. The molecule has 0 unspecified atom stereocenters. The first-order chi connectivity index (χ1) is 10.7. The van der Waals surface area contributed by atoms with Gasteiger partial charge in [0, 0.05) is 43.7 Å². The molecular formula is C17H24ClN3O. The van der Waals surface area contributed by atoms with Crippen LogP contribution in [0.25, 0.3) is 0 Å². The highest BCUT2D eigenvalue weighted by molar-refractivity contribution is 6.31. The highest BCUT2D eigenvalue weighted by Crippen LogP contribution is 2.20. The molecule has 2 fully saturated rings. The van der Waals surface area contributed by atoms with Crippen LogP contribution in [0.4, 0.5) is 0 Å². The van der Waals surface area contributed by atoms with E-state index < -0.39 is 0 Å². The number of hydrogen-bond donors (Lipinski definition) is 1. The van der Waals surface area contributed by atoms with Gasteiger partial charge in [-0.2, -0.15) is 0 Å². The van der Waals surface area contributed by atoms with E-state index in [2.05, 4.69) is 21.2 Å². The van der Waals surface area contributed by atoms with Crippen molar-refractivity contribution >= 4 is 17.5 Å². The topological polar surface area (TPSA) is 35.6 Å². The average molecular weight is 322 g/mol. The van der Waals surface area contributed by atoms with E-state index in [4.69, 9.17) is 11.6 Å². The Morgan fingerprint density at radius 3 is 2.50 bits per heavy atom. The van der Waals surface area contributed by atoms with Crippen molar-refractivity contribution in [2.45, 2.75) is 19.4 Å². The van der Waals surface area contributed by atoms with Crippen LogP contribution in [0.5, 0.6) is 0 Å². The highest BCUT2D eigenvalue weighted by Gasteiger charge is 2.28. The number of halogens is 1. The number of nitrogens with one attached hydrogen (secondary N) is 1. The van der Waals surface area contributed by atoms with E-state index in [1.54, 1.807) is 0 Å². The van der Waals surface area contributed by atoms with Crippen molar-refractivity contribution in [2.24, 2.45) is 5.92 Å². The maximum Gasteiger partial charge on any atom is 0.225 e. The van der Waals surface area contributed by atoms with Crippen molar-refractivity contribution in [3.63, 3.8) is 0 Å². The predicted octanol–water partition coefficient (Wildman–Crippen LogP) is 1.98. The van der Waals surface area contributed by atoms with E-state index in [9.17, 15) is 4.79 Å². The number of benzene rings is 1. The zero-order valence-corrected chi connectivity index (χ0v) is 13.7. The van der Waals surface area contributed by atoms with E-state index in [1.165, 1.54) is 5.56 Å². The summed E-state index contributed by atoms with van der Waals surface area (Å²) in [6.45, 7) is 6.37. The molecule has 1 aromatic rings. The molecule has 3 rings (SSSR count). The number of nitrogens with zero attached hydrogens (tertiary/aromatic N) is 2. The van der Waals surface area contributed by atoms with Crippen molar-refractivity contribution in [3.8, 4) is 0 Å². The largest absolute Gasteiger partial charge is 0.340 e. The van der Waals surface area contributed by atoms with E-state index in [0.717, 1.165) is 63.7 Å². The van der Waals surface area contributed by atoms with Crippen molar-refractivity contribution in [1.29, 1.82) is 0 Å². The van der Waals surface area contributed by atoms with Gasteiger partial charge in [0.25, 0.3) is 0 Å². The molecule has 120 valence electrons. The van der Waals surface area contributed by atoms with Crippen molar-refractivity contribution in [2.75, 3.05) is 39.3 Å². The van der Waals surface area contributed by atoms with Crippen LogP contribution in [-0.4, -0.2) is 55.0 Å².